The lowest BCUT2D eigenvalue weighted by Gasteiger charge is -2.14. The molecule has 0 aliphatic heterocycles. The Kier molecular flexibility index (Phi) is 6.97. The van der Waals surface area contributed by atoms with Crippen molar-refractivity contribution >= 4 is 35.1 Å². The Hall–Kier alpha value is -0.880. The number of ketones is 2. The fourth-order valence-corrected chi connectivity index (χ4v) is 2.02. The molecule has 0 amide bonds. The van der Waals surface area contributed by atoms with Gasteiger partial charge in [0.25, 0.3) is 0 Å². The van der Waals surface area contributed by atoms with Crippen molar-refractivity contribution in [3.8, 4) is 0 Å². The van der Waals surface area contributed by atoms with E-state index in [1.807, 2.05) is 12.5 Å². The van der Waals surface area contributed by atoms with E-state index >= 15 is 0 Å². The molecule has 1 aliphatic rings. The Bertz CT molecular complexity index is 342. The number of hydrogen-bond donors (Lipinski definition) is 2. The van der Waals surface area contributed by atoms with E-state index in [1.54, 1.807) is 23.5 Å². The second-order valence-corrected chi connectivity index (χ2v) is 5.65. The predicted octanol–water partition coefficient (Wildman–Crippen LogP) is 0.811. The van der Waals surface area contributed by atoms with Crippen LogP contribution in [0.5, 0.6) is 0 Å². The third-order valence-corrected chi connectivity index (χ3v) is 3.55. The maximum atomic E-state index is 11.8. The van der Waals surface area contributed by atoms with Gasteiger partial charge in [-0.3, -0.25) is 9.59 Å². The van der Waals surface area contributed by atoms with Gasteiger partial charge in [-0.25, -0.2) is 0 Å². The smallest absolute Gasteiger partial charge is 0.203 e. The van der Waals surface area contributed by atoms with Gasteiger partial charge in [0.1, 0.15) is 0 Å². The molecular weight excluding hydrogens is 268 g/mol. The molecule has 0 aromatic rings. The number of carbonyl (C=O) groups excluding carboxylic acids is 2. The summed E-state index contributed by atoms with van der Waals surface area (Å²) >= 11 is 3.38. The number of carbonyl (C=O) groups is 2. The molecular formula is C12H18N2O2S2. The maximum Gasteiger partial charge on any atom is 0.203 e. The lowest BCUT2D eigenvalue weighted by Crippen LogP contribution is -2.31. The van der Waals surface area contributed by atoms with Gasteiger partial charge in [-0.2, -0.15) is 23.5 Å². The van der Waals surface area contributed by atoms with Crippen LogP contribution in [-0.2, 0) is 9.59 Å². The number of thioether (sulfide) groups is 2. The van der Waals surface area contributed by atoms with Gasteiger partial charge < -0.3 is 10.6 Å². The van der Waals surface area contributed by atoms with Crippen molar-refractivity contribution in [2.75, 3.05) is 37.1 Å². The van der Waals surface area contributed by atoms with E-state index in [1.165, 1.54) is 12.2 Å². The average molecular weight is 286 g/mol. The topological polar surface area (TPSA) is 58.2 Å². The van der Waals surface area contributed by atoms with Crippen LogP contribution in [0.3, 0.4) is 0 Å². The second-order valence-electron chi connectivity index (χ2n) is 3.68. The zero-order valence-electron chi connectivity index (χ0n) is 10.6. The maximum absolute atomic E-state index is 11.8. The van der Waals surface area contributed by atoms with E-state index in [0.717, 1.165) is 11.5 Å². The second kappa shape index (κ2) is 8.26. The van der Waals surface area contributed by atoms with E-state index in [2.05, 4.69) is 10.6 Å². The Morgan fingerprint density at radius 2 is 1.28 bits per heavy atom. The van der Waals surface area contributed by atoms with E-state index in [-0.39, 0.29) is 11.6 Å². The first-order valence-electron chi connectivity index (χ1n) is 5.66. The molecule has 0 unspecified atom stereocenters. The predicted molar refractivity (Wildman–Crippen MR) is 78.9 cm³/mol. The third-order valence-electron chi connectivity index (χ3n) is 2.33. The van der Waals surface area contributed by atoms with Gasteiger partial charge in [0.15, 0.2) is 0 Å². The first kappa shape index (κ1) is 15.2. The highest BCUT2D eigenvalue weighted by molar-refractivity contribution is 7.98. The van der Waals surface area contributed by atoms with Crippen LogP contribution in [0.1, 0.15) is 0 Å². The number of hydrogen-bond acceptors (Lipinski definition) is 6. The number of nitrogens with one attached hydrogen (secondary N) is 2. The van der Waals surface area contributed by atoms with Crippen molar-refractivity contribution in [1.82, 2.24) is 10.6 Å². The summed E-state index contributed by atoms with van der Waals surface area (Å²) in [5.41, 5.74) is 0.786. The summed E-state index contributed by atoms with van der Waals surface area (Å²) in [6.45, 7) is 1.38. The van der Waals surface area contributed by atoms with Crippen molar-refractivity contribution in [2.24, 2.45) is 0 Å². The van der Waals surface area contributed by atoms with Crippen LogP contribution in [0.2, 0.25) is 0 Å². The highest BCUT2D eigenvalue weighted by Crippen LogP contribution is 2.08. The minimum Gasteiger partial charge on any atom is -0.381 e. The molecule has 0 saturated carbocycles. The Balaban J connectivity index is 2.51. The third kappa shape index (κ3) is 4.78. The molecule has 0 radical (unpaired) electrons. The molecule has 0 aromatic heterocycles. The molecule has 18 heavy (non-hydrogen) atoms. The van der Waals surface area contributed by atoms with Gasteiger partial charge in [-0.15, -0.1) is 0 Å². The molecule has 100 valence electrons. The van der Waals surface area contributed by atoms with Crippen LogP contribution in [0, 0.1) is 0 Å². The van der Waals surface area contributed by atoms with Crippen LogP contribution in [0.25, 0.3) is 0 Å². The fourth-order valence-electron chi connectivity index (χ4n) is 1.41. The lowest BCUT2D eigenvalue weighted by molar-refractivity contribution is -0.115. The van der Waals surface area contributed by atoms with Crippen molar-refractivity contribution in [2.45, 2.75) is 0 Å². The standard InChI is InChI=1S/C12H18N2O2S2/c1-17-5-3-13-9-7-12(16)10(8-11(9)15)14-4-6-18-2/h7-8,13-14H,3-6H2,1-2H3. The average Bonchev–Trinajstić information content (AvgIpc) is 2.35. The Labute approximate surface area is 116 Å². The normalized spacial score (nSPS) is 15.2. The van der Waals surface area contributed by atoms with Gasteiger partial charge >= 0.3 is 0 Å². The quantitative estimate of drug-likeness (QED) is 0.509. The van der Waals surface area contributed by atoms with Gasteiger partial charge in [0, 0.05) is 36.7 Å². The lowest BCUT2D eigenvalue weighted by atomic mass is 10.1. The van der Waals surface area contributed by atoms with Crippen LogP contribution in [0.4, 0.5) is 0 Å². The summed E-state index contributed by atoms with van der Waals surface area (Å²) in [5, 5.41) is 5.97. The molecule has 0 saturated heterocycles. The summed E-state index contributed by atoms with van der Waals surface area (Å²) in [7, 11) is 0. The minimum atomic E-state index is -0.137. The monoisotopic (exact) mass is 286 g/mol. The zero-order valence-corrected chi connectivity index (χ0v) is 12.2. The van der Waals surface area contributed by atoms with Crippen molar-refractivity contribution in [3.63, 3.8) is 0 Å². The summed E-state index contributed by atoms with van der Waals surface area (Å²) < 4.78 is 0. The van der Waals surface area contributed by atoms with E-state index < -0.39 is 0 Å². The first-order valence-corrected chi connectivity index (χ1v) is 8.45. The fraction of sp³-hybridized carbons (Fsp3) is 0.500. The van der Waals surface area contributed by atoms with Gasteiger partial charge in [-0.05, 0) is 12.5 Å². The van der Waals surface area contributed by atoms with E-state index in [9.17, 15) is 9.59 Å². The minimum absolute atomic E-state index is 0.137. The summed E-state index contributed by atoms with van der Waals surface area (Å²) in [6.07, 6.45) is 6.75. The SMILES string of the molecule is CSCCNC1=CC(=O)C(NCCSC)=CC1=O. The molecule has 2 N–H and O–H groups in total. The zero-order chi connectivity index (χ0) is 13.4. The van der Waals surface area contributed by atoms with Crippen LogP contribution in [-0.4, -0.2) is 48.7 Å². The van der Waals surface area contributed by atoms with E-state index in [0.29, 0.717) is 24.5 Å². The van der Waals surface area contributed by atoms with E-state index in [4.69, 9.17) is 0 Å². The largest absolute Gasteiger partial charge is 0.381 e. The molecule has 0 heterocycles. The highest BCUT2D eigenvalue weighted by Gasteiger charge is 2.19. The molecule has 0 bridgehead atoms. The van der Waals surface area contributed by atoms with Crippen LogP contribution >= 0.6 is 23.5 Å². The molecule has 6 heteroatoms. The molecule has 0 atom stereocenters. The molecule has 4 nitrogen and oxygen atoms in total. The van der Waals surface area contributed by atoms with Crippen molar-refractivity contribution in [1.29, 1.82) is 0 Å². The van der Waals surface area contributed by atoms with Crippen LogP contribution < -0.4 is 10.6 Å². The number of rotatable bonds is 8. The summed E-state index contributed by atoms with van der Waals surface area (Å²) in [4.78, 5) is 23.5. The molecule has 0 spiro atoms. The molecule has 0 aromatic carbocycles. The summed E-state index contributed by atoms with van der Waals surface area (Å²) in [5.74, 6) is 1.53. The van der Waals surface area contributed by atoms with Crippen molar-refractivity contribution in [3.05, 3.63) is 23.5 Å². The number of allylic oxidation sites excluding steroid dienone is 2. The Morgan fingerprint density at radius 1 is 0.889 bits per heavy atom. The van der Waals surface area contributed by atoms with Gasteiger partial charge in [0.2, 0.25) is 11.6 Å². The van der Waals surface area contributed by atoms with Gasteiger partial charge in [-0.1, -0.05) is 0 Å². The van der Waals surface area contributed by atoms with Crippen LogP contribution in [0.15, 0.2) is 23.5 Å². The first-order chi connectivity index (χ1) is 8.69. The molecule has 1 aliphatic carbocycles. The highest BCUT2D eigenvalue weighted by atomic mass is 32.2. The van der Waals surface area contributed by atoms with Crippen molar-refractivity contribution < 1.29 is 9.59 Å². The molecule has 1 rings (SSSR count). The summed E-state index contributed by atoms with van der Waals surface area (Å²) in [6, 6.07) is 0. The Morgan fingerprint density at radius 3 is 1.61 bits per heavy atom. The van der Waals surface area contributed by atoms with Gasteiger partial charge in [0.05, 0.1) is 11.4 Å². The molecule has 0 fully saturated rings.